The molecule has 2 aromatic rings. The monoisotopic (exact) mass is 241 g/mol. The van der Waals surface area contributed by atoms with Gasteiger partial charge in [-0.1, -0.05) is 6.07 Å². The molecular weight excluding hydrogens is 226 g/mol. The van der Waals surface area contributed by atoms with Crippen molar-refractivity contribution in [3.05, 3.63) is 36.7 Å². The van der Waals surface area contributed by atoms with Crippen molar-refractivity contribution >= 4 is 17.6 Å². The molecule has 3 rings (SSSR count). The first-order valence-corrected chi connectivity index (χ1v) is 6.15. The number of nitrogens with one attached hydrogen (secondary N) is 2. The van der Waals surface area contributed by atoms with E-state index < -0.39 is 0 Å². The molecule has 1 aliphatic carbocycles. The SMILES string of the molecule is c1ccc(Nc2nccc(NCC3CC3)n2)nc1. The fourth-order valence-corrected chi connectivity index (χ4v) is 1.64. The molecule has 0 amide bonds. The number of anilines is 3. The first kappa shape index (κ1) is 11.0. The van der Waals surface area contributed by atoms with Crippen molar-refractivity contribution in [3.63, 3.8) is 0 Å². The van der Waals surface area contributed by atoms with Crippen molar-refractivity contribution in [2.75, 3.05) is 17.2 Å². The normalized spacial score (nSPS) is 14.2. The zero-order valence-corrected chi connectivity index (χ0v) is 10.0. The van der Waals surface area contributed by atoms with Gasteiger partial charge in [0.25, 0.3) is 0 Å². The van der Waals surface area contributed by atoms with E-state index in [2.05, 4.69) is 25.6 Å². The second-order valence-electron chi connectivity index (χ2n) is 4.43. The summed E-state index contributed by atoms with van der Waals surface area (Å²) in [5, 5.41) is 6.40. The van der Waals surface area contributed by atoms with Gasteiger partial charge in [-0.15, -0.1) is 0 Å². The van der Waals surface area contributed by atoms with Crippen LogP contribution in [0.2, 0.25) is 0 Å². The van der Waals surface area contributed by atoms with E-state index >= 15 is 0 Å². The average molecular weight is 241 g/mol. The molecular formula is C13H15N5. The minimum Gasteiger partial charge on any atom is -0.370 e. The van der Waals surface area contributed by atoms with Crippen LogP contribution < -0.4 is 10.6 Å². The summed E-state index contributed by atoms with van der Waals surface area (Å²) in [5.41, 5.74) is 0. The zero-order valence-electron chi connectivity index (χ0n) is 10.0. The standard InChI is InChI=1S/C13H15N5/c1-2-7-14-11(3-1)17-13-15-8-6-12(18-13)16-9-10-4-5-10/h1-3,6-8,10H,4-5,9H2,(H2,14,15,16,17,18). The summed E-state index contributed by atoms with van der Waals surface area (Å²) in [6.07, 6.45) is 6.14. The highest BCUT2D eigenvalue weighted by Gasteiger charge is 2.20. The molecule has 0 aliphatic heterocycles. The summed E-state index contributed by atoms with van der Waals surface area (Å²) in [6, 6.07) is 7.56. The van der Waals surface area contributed by atoms with Crippen molar-refractivity contribution in [2.45, 2.75) is 12.8 Å². The van der Waals surface area contributed by atoms with E-state index in [1.165, 1.54) is 12.8 Å². The summed E-state index contributed by atoms with van der Waals surface area (Å²) >= 11 is 0. The van der Waals surface area contributed by atoms with E-state index in [0.29, 0.717) is 5.95 Å². The Balaban J connectivity index is 1.66. The van der Waals surface area contributed by atoms with Gasteiger partial charge in [0.05, 0.1) is 0 Å². The second-order valence-corrected chi connectivity index (χ2v) is 4.43. The maximum Gasteiger partial charge on any atom is 0.230 e. The minimum atomic E-state index is 0.564. The molecule has 2 heterocycles. The van der Waals surface area contributed by atoms with Crippen LogP contribution in [0.15, 0.2) is 36.7 Å². The van der Waals surface area contributed by atoms with E-state index in [-0.39, 0.29) is 0 Å². The Labute approximate surface area is 106 Å². The minimum absolute atomic E-state index is 0.564. The number of nitrogens with zero attached hydrogens (tertiary/aromatic N) is 3. The molecule has 5 heteroatoms. The van der Waals surface area contributed by atoms with Crippen LogP contribution in [0, 0.1) is 5.92 Å². The highest BCUT2D eigenvalue weighted by Crippen LogP contribution is 2.28. The fraction of sp³-hybridized carbons (Fsp3) is 0.308. The van der Waals surface area contributed by atoms with E-state index in [1.807, 2.05) is 24.3 Å². The molecule has 92 valence electrons. The Hall–Kier alpha value is -2.17. The molecule has 0 unspecified atom stereocenters. The smallest absolute Gasteiger partial charge is 0.230 e. The topological polar surface area (TPSA) is 62.7 Å². The van der Waals surface area contributed by atoms with Crippen molar-refractivity contribution in [2.24, 2.45) is 5.92 Å². The molecule has 5 nitrogen and oxygen atoms in total. The Morgan fingerprint density at radius 2 is 2.00 bits per heavy atom. The van der Waals surface area contributed by atoms with Gasteiger partial charge in [0, 0.05) is 18.9 Å². The summed E-state index contributed by atoms with van der Waals surface area (Å²) in [5.74, 6) is 2.99. The summed E-state index contributed by atoms with van der Waals surface area (Å²) in [6.45, 7) is 1.00. The first-order valence-electron chi connectivity index (χ1n) is 6.15. The van der Waals surface area contributed by atoms with E-state index in [4.69, 9.17) is 0 Å². The molecule has 0 saturated heterocycles. The molecule has 2 N–H and O–H groups in total. The largest absolute Gasteiger partial charge is 0.370 e. The van der Waals surface area contributed by atoms with Crippen molar-refractivity contribution < 1.29 is 0 Å². The van der Waals surface area contributed by atoms with Gasteiger partial charge in [-0.2, -0.15) is 4.98 Å². The lowest BCUT2D eigenvalue weighted by Crippen LogP contribution is -2.06. The van der Waals surface area contributed by atoms with Crippen LogP contribution in [0.25, 0.3) is 0 Å². The van der Waals surface area contributed by atoms with Crippen molar-refractivity contribution in [1.29, 1.82) is 0 Å². The molecule has 0 aromatic carbocycles. The number of aromatic nitrogens is 3. The predicted octanol–water partition coefficient (Wildman–Crippen LogP) is 2.44. The van der Waals surface area contributed by atoms with Gasteiger partial charge in [-0.25, -0.2) is 9.97 Å². The van der Waals surface area contributed by atoms with E-state index in [1.54, 1.807) is 12.4 Å². The summed E-state index contributed by atoms with van der Waals surface area (Å²) in [7, 11) is 0. The van der Waals surface area contributed by atoms with Crippen LogP contribution >= 0.6 is 0 Å². The van der Waals surface area contributed by atoms with Gasteiger partial charge < -0.3 is 10.6 Å². The molecule has 0 atom stereocenters. The predicted molar refractivity (Wildman–Crippen MR) is 70.8 cm³/mol. The highest BCUT2D eigenvalue weighted by molar-refractivity contribution is 5.49. The fourth-order valence-electron chi connectivity index (χ4n) is 1.64. The number of hydrogen-bond donors (Lipinski definition) is 2. The molecule has 0 spiro atoms. The third-order valence-corrected chi connectivity index (χ3v) is 2.83. The molecule has 2 aromatic heterocycles. The Morgan fingerprint density at radius 3 is 2.78 bits per heavy atom. The molecule has 1 saturated carbocycles. The van der Waals surface area contributed by atoms with Crippen LogP contribution in [0.5, 0.6) is 0 Å². The van der Waals surface area contributed by atoms with E-state index in [0.717, 1.165) is 24.1 Å². The van der Waals surface area contributed by atoms with Crippen molar-refractivity contribution in [3.8, 4) is 0 Å². The van der Waals surface area contributed by atoms with Gasteiger partial charge in [-0.3, -0.25) is 0 Å². The lowest BCUT2D eigenvalue weighted by atomic mass is 10.4. The zero-order chi connectivity index (χ0) is 12.2. The highest BCUT2D eigenvalue weighted by atomic mass is 15.2. The lowest BCUT2D eigenvalue weighted by molar-refractivity contribution is 0.881. The molecule has 0 radical (unpaired) electrons. The third-order valence-electron chi connectivity index (χ3n) is 2.83. The van der Waals surface area contributed by atoms with Crippen LogP contribution in [-0.2, 0) is 0 Å². The quantitative estimate of drug-likeness (QED) is 0.841. The van der Waals surface area contributed by atoms with Crippen LogP contribution in [0.4, 0.5) is 17.6 Å². The maximum atomic E-state index is 4.39. The van der Waals surface area contributed by atoms with Crippen molar-refractivity contribution in [1.82, 2.24) is 15.0 Å². The first-order chi connectivity index (χ1) is 8.90. The summed E-state index contributed by atoms with van der Waals surface area (Å²) < 4.78 is 0. The maximum absolute atomic E-state index is 4.39. The Bertz CT molecular complexity index is 510. The van der Waals surface area contributed by atoms with Crippen LogP contribution in [0.1, 0.15) is 12.8 Å². The Morgan fingerprint density at radius 1 is 1.06 bits per heavy atom. The van der Waals surface area contributed by atoms with Crippen LogP contribution in [0.3, 0.4) is 0 Å². The van der Waals surface area contributed by atoms with Gasteiger partial charge in [-0.05, 0) is 37.0 Å². The van der Waals surface area contributed by atoms with Crippen LogP contribution in [-0.4, -0.2) is 21.5 Å². The molecule has 18 heavy (non-hydrogen) atoms. The second kappa shape index (κ2) is 5.00. The Kier molecular flexibility index (Phi) is 3.04. The average Bonchev–Trinajstić information content (AvgIpc) is 3.22. The molecule has 1 aliphatic rings. The summed E-state index contributed by atoms with van der Waals surface area (Å²) in [4.78, 5) is 12.7. The van der Waals surface area contributed by atoms with E-state index in [9.17, 15) is 0 Å². The third kappa shape index (κ3) is 2.94. The van der Waals surface area contributed by atoms with Gasteiger partial charge in [0.15, 0.2) is 0 Å². The molecule has 1 fully saturated rings. The number of rotatable bonds is 5. The number of hydrogen-bond acceptors (Lipinski definition) is 5. The van der Waals surface area contributed by atoms with Gasteiger partial charge >= 0.3 is 0 Å². The number of pyridine rings is 1. The lowest BCUT2D eigenvalue weighted by Gasteiger charge is -2.07. The molecule has 0 bridgehead atoms. The van der Waals surface area contributed by atoms with Gasteiger partial charge in [0.2, 0.25) is 5.95 Å². The van der Waals surface area contributed by atoms with Gasteiger partial charge in [0.1, 0.15) is 11.6 Å².